The molecule has 0 spiro atoms. The number of fused-ring (bicyclic) bond motifs is 1. The summed E-state index contributed by atoms with van der Waals surface area (Å²) in [6, 6.07) is 0. The Balaban J connectivity index is 2.90. The predicted octanol–water partition coefficient (Wildman–Crippen LogP) is 0.254. The number of hydrogen-bond acceptors (Lipinski definition) is 4. The Hall–Kier alpha value is -1.65. The number of rotatable bonds is 0. The minimum atomic E-state index is 0.431. The summed E-state index contributed by atoms with van der Waals surface area (Å²) in [5, 5.41) is 4.00. The molecule has 0 amide bonds. The zero-order valence-corrected chi connectivity index (χ0v) is 6.94. The minimum Gasteiger partial charge on any atom is -0.380 e. The molecule has 0 saturated carbocycles. The predicted molar refractivity (Wildman–Crippen MR) is 45.5 cm³/mol. The summed E-state index contributed by atoms with van der Waals surface area (Å²) in [6.07, 6.45) is 1.68. The number of anilines is 1. The van der Waals surface area contributed by atoms with Gasteiger partial charge in [0.05, 0.1) is 5.69 Å². The summed E-state index contributed by atoms with van der Waals surface area (Å²) in [5.41, 5.74) is 7.86. The van der Waals surface area contributed by atoms with E-state index in [2.05, 4.69) is 15.1 Å². The molecule has 0 radical (unpaired) electrons. The Morgan fingerprint density at radius 2 is 2.25 bits per heavy atom. The molecule has 0 atom stereocenters. The summed E-state index contributed by atoms with van der Waals surface area (Å²) in [4.78, 5) is 8.38. The first kappa shape index (κ1) is 7.02. The van der Waals surface area contributed by atoms with Crippen LogP contribution in [0, 0.1) is 6.92 Å². The second kappa shape index (κ2) is 2.17. The third-order valence-corrected chi connectivity index (χ3v) is 1.68. The summed E-state index contributed by atoms with van der Waals surface area (Å²) in [5.74, 6) is 0.431. The van der Waals surface area contributed by atoms with E-state index in [0.717, 1.165) is 11.3 Å². The highest BCUT2D eigenvalue weighted by Crippen LogP contribution is 2.14. The zero-order chi connectivity index (χ0) is 8.72. The van der Waals surface area contributed by atoms with Gasteiger partial charge in [0.2, 0.25) is 0 Å². The maximum atomic E-state index is 5.59. The molecule has 2 heterocycles. The Bertz CT molecular complexity index is 431. The van der Waals surface area contributed by atoms with E-state index in [-0.39, 0.29) is 0 Å². The second-order valence-corrected chi connectivity index (χ2v) is 2.69. The molecule has 2 aromatic heterocycles. The fourth-order valence-electron chi connectivity index (χ4n) is 1.13. The van der Waals surface area contributed by atoms with Crippen LogP contribution >= 0.6 is 0 Å². The Morgan fingerprint density at radius 3 is 3.00 bits per heavy atom. The highest BCUT2D eigenvalue weighted by molar-refractivity contribution is 5.81. The van der Waals surface area contributed by atoms with Crippen LogP contribution in [-0.4, -0.2) is 19.7 Å². The van der Waals surface area contributed by atoms with Crippen molar-refractivity contribution in [1.82, 2.24) is 19.7 Å². The Labute approximate surface area is 69.2 Å². The van der Waals surface area contributed by atoms with E-state index in [4.69, 9.17) is 5.73 Å². The van der Waals surface area contributed by atoms with E-state index in [1.165, 1.54) is 0 Å². The van der Waals surface area contributed by atoms with Crippen LogP contribution in [0.15, 0.2) is 6.20 Å². The molecule has 2 N–H and O–H groups in total. The Morgan fingerprint density at radius 1 is 1.50 bits per heavy atom. The van der Waals surface area contributed by atoms with Crippen LogP contribution in [0.3, 0.4) is 0 Å². The highest BCUT2D eigenvalue weighted by atomic mass is 15.3. The minimum absolute atomic E-state index is 0.431. The van der Waals surface area contributed by atoms with E-state index in [9.17, 15) is 0 Å². The Kier molecular flexibility index (Phi) is 1.27. The third kappa shape index (κ3) is 0.827. The molecule has 0 aliphatic carbocycles. The average Bonchev–Trinajstić information content (AvgIpc) is 2.28. The van der Waals surface area contributed by atoms with Crippen molar-refractivity contribution in [3.05, 3.63) is 11.9 Å². The van der Waals surface area contributed by atoms with Gasteiger partial charge in [-0.05, 0) is 6.92 Å². The molecule has 0 unspecified atom stereocenters. The van der Waals surface area contributed by atoms with Gasteiger partial charge in [-0.15, -0.1) is 0 Å². The van der Waals surface area contributed by atoms with Gasteiger partial charge in [0.1, 0.15) is 0 Å². The molecule has 2 aromatic rings. The van der Waals surface area contributed by atoms with E-state index in [1.807, 2.05) is 6.92 Å². The van der Waals surface area contributed by atoms with Crippen LogP contribution in [0.5, 0.6) is 0 Å². The van der Waals surface area contributed by atoms with E-state index < -0.39 is 0 Å². The smallest absolute Gasteiger partial charge is 0.179 e. The van der Waals surface area contributed by atoms with Gasteiger partial charge in [0, 0.05) is 13.2 Å². The highest BCUT2D eigenvalue weighted by Gasteiger charge is 2.06. The SMILES string of the molecule is Cc1cnc2c(N)nn(C)c2n1. The van der Waals surface area contributed by atoms with Gasteiger partial charge in [-0.3, -0.25) is 0 Å². The first-order valence-electron chi connectivity index (χ1n) is 3.60. The molecule has 0 aliphatic rings. The number of nitrogens with zero attached hydrogens (tertiary/aromatic N) is 4. The van der Waals surface area contributed by atoms with Crippen molar-refractivity contribution < 1.29 is 0 Å². The summed E-state index contributed by atoms with van der Waals surface area (Å²) in [7, 11) is 1.80. The molecule has 2 rings (SSSR count). The number of nitrogens with two attached hydrogens (primary N) is 1. The van der Waals surface area contributed by atoms with E-state index >= 15 is 0 Å². The molecule has 0 fully saturated rings. The maximum Gasteiger partial charge on any atom is 0.179 e. The van der Waals surface area contributed by atoms with Gasteiger partial charge in [0.15, 0.2) is 17.0 Å². The molecule has 5 heteroatoms. The summed E-state index contributed by atoms with van der Waals surface area (Å²) < 4.78 is 1.63. The average molecular weight is 163 g/mol. The first-order chi connectivity index (χ1) is 5.68. The largest absolute Gasteiger partial charge is 0.380 e. The van der Waals surface area contributed by atoms with Crippen LogP contribution in [0.2, 0.25) is 0 Å². The van der Waals surface area contributed by atoms with Crippen molar-refractivity contribution in [2.24, 2.45) is 7.05 Å². The maximum absolute atomic E-state index is 5.59. The van der Waals surface area contributed by atoms with Crippen molar-refractivity contribution in [1.29, 1.82) is 0 Å². The standard InChI is InChI=1S/C7H9N5/c1-4-3-9-5-6(8)11-12(2)7(5)10-4/h3H,1-2H3,(H2,8,11). The lowest BCUT2D eigenvalue weighted by atomic mass is 10.4. The zero-order valence-electron chi connectivity index (χ0n) is 6.94. The third-order valence-electron chi connectivity index (χ3n) is 1.68. The molecule has 0 aliphatic heterocycles. The van der Waals surface area contributed by atoms with Crippen molar-refractivity contribution in [2.75, 3.05) is 5.73 Å². The number of nitrogen functional groups attached to an aromatic ring is 1. The van der Waals surface area contributed by atoms with Crippen LogP contribution in [0.4, 0.5) is 5.82 Å². The molecule has 0 bridgehead atoms. The van der Waals surface area contributed by atoms with Crippen LogP contribution in [0.1, 0.15) is 5.69 Å². The van der Waals surface area contributed by atoms with E-state index in [1.54, 1.807) is 17.9 Å². The second-order valence-electron chi connectivity index (χ2n) is 2.69. The summed E-state index contributed by atoms with van der Waals surface area (Å²) >= 11 is 0. The van der Waals surface area contributed by atoms with Crippen molar-refractivity contribution >= 4 is 17.0 Å². The van der Waals surface area contributed by atoms with Crippen molar-refractivity contribution in [3.8, 4) is 0 Å². The molecule has 5 nitrogen and oxygen atoms in total. The molecule has 12 heavy (non-hydrogen) atoms. The lowest BCUT2D eigenvalue weighted by Gasteiger charge is -1.92. The molecule has 62 valence electrons. The van der Waals surface area contributed by atoms with Crippen LogP contribution < -0.4 is 5.73 Å². The van der Waals surface area contributed by atoms with Gasteiger partial charge in [-0.25, -0.2) is 14.6 Å². The molecule has 0 aromatic carbocycles. The van der Waals surface area contributed by atoms with Crippen LogP contribution in [-0.2, 0) is 7.05 Å². The molecular weight excluding hydrogens is 154 g/mol. The van der Waals surface area contributed by atoms with Gasteiger partial charge in [-0.1, -0.05) is 0 Å². The van der Waals surface area contributed by atoms with E-state index in [0.29, 0.717) is 11.3 Å². The molecular formula is C7H9N5. The van der Waals surface area contributed by atoms with Gasteiger partial charge < -0.3 is 5.73 Å². The van der Waals surface area contributed by atoms with Gasteiger partial charge >= 0.3 is 0 Å². The number of aryl methyl sites for hydroxylation is 2. The summed E-state index contributed by atoms with van der Waals surface area (Å²) in [6.45, 7) is 1.88. The molecule has 0 saturated heterocycles. The van der Waals surface area contributed by atoms with Crippen molar-refractivity contribution in [2.45, 2.75) is 6.92 Å². The van der Waals surface area contributed by atoms with Gasteiger partial charge in [-0.2, -0.15) is 5.10 Å². The lowest BCUT2D eigenvalue weighted by molar-refractivity contribution is 0.789. The van der Waals surface area contributed by atoms with Crippen molar-refractivity contribution in [3.63, 3.8) is 0 Å². The monoisotopic (exact) mass is 163 g/mol. The van der Waals surface area contributed by atoms with Crippen LogP contribution in [0.25, 0.3) is 11.2 Å². The topological polar surface area (TPSA) is 69.6 Å². The normalized spacial score (nSPS) is 10.8. The first-order valence-corrected chi connectivity index (χ1v) is 3.60. The quantitative estimate of drug-likeness (QED) is 0.604. The van der Waals surface area contributed by atoms with Gasteiger partial charge in [0.25, 0.3) is 0 Å². The fourth-order valence-corrected chi connectivity index (χ4v) is 1.13. The lowest BCUT2D eigenvalue weighted by Crippen LogP contribution is -1.93. The number of aromatic nitrogens is 4. The number of hydrogen-bond donors (Lipinski definition) is 1. The fraction of sp³-hybridized carbons (Fsp3) is 0.286.